The molecule has 0 unspecified atom stereocenters. The topological polar surface area (TPSA) is 52.2 Å². The van der Waals surface area contributed by atoms with E-state index in [4.69, 9.17) is 4.98 Å². The van der Waals surface area contributed by atoms with Gasteiger partial charge in [-0.2, -0.15) is 0 Å². The zero-order valence-corrected chi connectivity index (χ0v) is 16.0. The van der Waals surface area contributed by atoms with Crippen LogP contribution in [0.5, 0.6) is 0 Å². The van der Waals surface area contributed by atoms with Crippen molar-refractivity contribution in [2.45, 2.75) is 26.4 Å². The lowest BCUT2D eigenvalue weighted by atomic mass is 10.1. The summed E-state index contributed by atoms with van der Waals surface area (Å²) >= 11 is 0. The molecule has 3 aromatic rings. The van der Waals surface area contributed by atoms with Crippen LogP contribution in [-0.2, 0) is 6.54 Å². The van der Waals surface area contributed by atoms with Crippen LogP contribution in [0.3, 0.4) is 0 Å². The van der Waals surface area contributed by atoms with Gasteiger partial charge in [-0.05, 0) is 31.5 Å². The molecule has 27 heavy (non-hydrogen) atoms. The summed E-state index contributed by atoms with van der Waals surface area (Å²) in [6.07, 6.45) is 0. The first-order chi connectivity index (χ1) is 13.1. The lowest BCUT2D eigenvalue weighted by Crippen LogP contribution is -2.47. The van der Waals surface area contributed by atoms with E-state index in [9.17, 15) is 4.79 Å². The molecule has 0 bridgehead atoms. The number of H-pyrrole nitrogens is 1. The summed E-state index contributed by atoms with van der Waals surface area (Å²) in [6, 6.07) is 16.3. The molecule has 2 heterocycles. The van der Waals surface area contributed by atoms with Crippen LogP contribution in [0.15, 0.2) is 53.3 Å². The zero-order chi connectivity index (χ0) is 18.8. The van der Waals surface area contributed by atoms with Crippen molar-refractivity contribution in [1.82, 2.24) is 19.8 Å². The second kappa shape index (κ2) is 7.62. The molecule has 0 aliphatic carbocycles. The molecular formula is C22H26N4O. The molecular weight excluding hydrogens is 336 g/mol. The Morgan fingerprint density at radius 2 is 1.85 bits per heavy atom. The quantitative estimate of drug-likeness (QED) is 0.775. The fourth-order valence-corrected chi connectivity index (χ4v) is 3.85. The summed E-state index contributed by atoms with van der Waals surface area (Å²) in [5.41, 5.74) is 3.39. The summed E-state index contributed by atoms with van der Waals surface area (Å²) in [4.78, 5) is 24.9. The van der Waals surface area contributed by atoms with E-state index in [1.807, 2.05) is 24.3 Å². The largest absolute Gasteiger partial charge is 0.309 e. The van der Waals surface area contributed by atoms with Gasteiger partial charge in [0.15, 0.2) is 0 Å². The lowest BCUT2D eigenvalue weighted by Gasteiger charge is -2.37. The van der Waals surface area contributed by atoms with Crippen molar-refractivity contribution < 1.29 is 0 Å². The van der Waals surface area contributed by atoms with Gasteiger partial charge in [0.2, 0.25) is 0 Å². The van der Waals surface area contributed by atoms with Crippen molar-refractivity contribution in [3.05, 3.63) is 75.8 Å². The third-order valence-corrected chi connectivity index (χ3v) is 5.47. The zero-order valence-electron chi connectivity index (χ0n) is 16.0. The molecule has 1 aromatic heterocycles. The Balaban J connectivity index is 1.43. The van der Waals surface area contributed by atoms with Crippen LogP contribution in [0.25, 0.3) is 10.9 Å². The Labute approximate surface area is 159 Å². The summed E-state index contributed by atoms with van der Waals surface area (Å²) in [5.74, 6) is 0.755. The van der Waals surface area contributed by atoms with Crippen LogP contribution in [0.2, 0.25) is 0 Å². The number of piperazine rings is 1. The van der Waals surface area contributed by atoms with Gasteiger partial charge < -0.3 is 4.98 Å². The number of para-hydroxylation sites is 1. The minimum absolute atomic E-state index is 0.0551. The molecule has 0 radical (unpaired) electrons. The molecule has 1 saturated heterocycles. The van der Waals surface area contributed by atoms with Crippen LogP contribution in [0.1, 0.15) is 29.9 Å². The number of aromatic nitrogens is 2. The standard InChI is InChI=1S/C22H26N4O/c1-16-6-5-7-18(14-16)15-25-10-12-26(13-11-25)17(2)21-23-20-9-4-3-8-19(20)22(27)24-21/h3-9,14,17H,10-13,15H2,1-2H3,(H,23,24,27)/t17-/m1/s1. The van der Waals surface area contributed by atoms with Crippen molar-refractivity contribution in [3.63, 3.8) is 0 Å². The van der Waals surface area contributed by atoms with Crippen LogP contribution in [0.4, 0.5) is 0 Å². The number of fused-ring (bicyclic) bond motifs is 1. The van der Waals surface area contributed by atoms with Gasteiger partial charge in [-0.3, -0.25) is 14.6 Å². The second-order valence-electron chi connectivity index (χ2n) is 7.45. The van der Waals surface area contributed by atoms with Gasteiger partial charge in [0.1, 0.15) is 5.82 Å². The SMILES string of the molecule is Cc1cccc(CN2CCN([C@H](C)c3nc4ccccc4c(=O)[nH]3)CC2)c1. The number of rotatable bonds is 4. The molecule has 1 aliphatic rings. The van der Waals surface area contributed by atoms with E-state index in [2.05, 4.69) is 52.9 Å². The van der Waals surface area contributed by atoms with Crippen LogP contribution >= 0.6 is 0 Å². The van der Waals surface area contributed by atoms with Crippen molar-refractivity contribution >= 4 is 10.9 Å². The molecule has 1 aliphatic heterocycles. The van der Waals surface area contributed by atoms with Crippen LogP contribution < -0.4 is 5.56 Å². The molecule has 0 saturated carbocycles. The Morgan fingerprint density at radius 3 is 2.63 bits per heavy atom. The van der Waals surface area contributed by atoms with Gasteiger partial charge in [0.25, 0.3) is 5.56 Å². The number of hydrogen-bond donors (Lipinski definition) is 1. The fourth-order valence-electron chi connectivity index (χ4n) is 3.85. The lowest BCUT2D eigenvalue weighted by molar-refractivity contribution is 0.0948. The van der Waals surface area contributed by atoms with Crippen molar-refractivity contribution in [2.75, 3.05) is 26.2 Å². The Bertz CT molecular complexity index is 989. The monoisotopic (exact) mass is 362 g/mol. The van der Waals surface area contributed by atoms with E-state index in [0.717, 1.165) is 44.1 Å². The second-order valence-corrected chi connectivity index (χ2v) is 7.45. The van der Waals surface area contributed by atoms with Crippen molar-refractivity contribution in [1.29, 1.82) is 0 Å². The van der Waals surface area contributed by atoms with Crippen molar-refractivity contribution in [2.24, 2.45) is 0 Å². The van der Waals surface area contributed by atoms with E-state index in [1.54, 1.807) is 0 Å². The third kappa shape index (κ3) is 3.94. The van der Waals surface area contributed by atoms with Crippen LogP contribution in [-0.4, -0.2) is 45.9 Å². The Hall–Kier alpha value is -2.50. The molecule has 1 atom stereocenters. The molecule has 0 amide bonds. The Morgan fingerprint density at radius 1 is 1.07 bits per heavy atom. The summed E-state index contributed by atoms with van der Waals surface area (Å²) in [5, 5.41) is 0.649. The summed E-state index contributed by atoms with van der Waals surface area (Å²) in [6.45, 7) is 9.26. The molecule has 0 spiro atoms. The molecule has 140 valence electrons. The molecule has 4 rings (SSSR count). The molecule has 5 heteroatoms. The number of nitrogens with zero attached hydrogens (tertiary/aromatic N) is 3. The highest BCUT2D eigenvalue weighted by atomic mass is 16.1. The van der Waals surface area contributed by atoms with E-state index in [1.165, 1.54) is 11.1 Å². The van der Waals surface area contributed by atoms with Crippen molar-refractivity contribution in [3.8, 4) is 0 Å². The normalized spacial score (nSPS) is 17.3. The van der Waals surface area contributed by atoms with Gasteiger partial charge in [-0.1, -0.05) is 42.0 Å². The van der Waals surface area contributed by atoms with E-state index >= 15 is 0 Å². The first kappa shape index (κ1) is 17.9. The highest BCUT2D eigenvalue weighted by Crippen LogP contribution is 2.20. The van der Waals surface area contributed by atoms with E-state index in [0.29, 0.717) is 5.39 Å². The summed E-state index contributed by atoms with van der Waals surface area (Å²) in [7, 11) is 0. The molecule has 1 N–H and O–H groups in total. The van der Waals surface area contributed by atoms with Gasteiger partial charge >= 0.3 is 0 Å². The maximum absolute atomic E-state index is 12.3. The van der Waals surface area contributed by atoms with E-state index < -0.39 is 0 Å². The number of aromatic amines is 1. The van der Waals surface area contributed by atoms with E-state index in [-0.39, 0.29) is 11.6 Å². The van der Waals surface area contributed by atoms with Gasteiger partial charge in [-0.15, -0.1) is 0 Å². The first-order valence-electron chi connectivity index (χ1n) is 9.61. The first-order valence-corrected chi connectivity index (χ1v) is 9.61. The smallest absolute Gasteiger partial charge is 0.258 e. The number of benzene rings is 2. The molecule has 1 fully saturated rings. The predicted molar refractivity (Wildman–Crippen MR) is 109 cm³/mol. The minimum atomic E-state index is -0.0551. The number of aryl methyl sites for hydroxylation is 1. The highest BCUT2D eigenvalue weighted by molar-refractivity contribution is 5.77. The molecule has 2 aromatic carbocycles. The maximum atomic E-state index is 12.3. The molecule has 5 nitrogen and oxygen atoms in total. The average molecular weight is 362 g/mol. The predicted octanol–water partition coefficient (Wildman–Crippen LogP) is 3.11. The average Bonchev–Trinajstić information content (AvgIpc) is 2.68. The van der Waals surface area contributed by atoms with Crippen LogP contribution in [0, 0.1) is 6.92 Å². The third-order valence-electron chi connectivity index (χ3n) is 5.47. The highest BCUT2D eigenvalue weighted by Gasteiger charge is 2.24. The van der Waals surface area contributed by atoms with Gasteiger partial charge in [0.05, 0.1) is 16.9 Å². The van der Waals surface area contributed by atoms with Gasteiger partial charge in [0, 0.05) is 32.7 Å². The maximum Gasteiger partial charge on any atom is 0.258 e. The number of nitrogens with one attached hydrogen (secondary N) is 1. The summed E-state index contributed by atoms with van der Waals surface area (Å²) < 4.78 is 0. The number of hydrogen-bond acceptors (Lipinski definition) is 4. The minimum Gasteiger partial charge on any atom is -0.309 e. The van der Waals surface area contributed by atoms with Gasteiger partial charge in [-0.25, -0.2) is 4.98 Å². The fraction of sp³-hybridized carbons (Fsp3) is 0.364. The Kier molecular flexibility index (Phi) is 5.05.